The first-order valence-electron chi connectivity index (χ1n) is 6.98. The maximum absolute atomic E-state index is 12.7. The monoisotopic (exact) mass is 305 g/mol. The lowest BCUT2D eigenvalue weighted by molar-refractivity contribution is -0.120. The van der Waals surface area contributed by atoms with Crippen LogP contribution in [0.15, 0.2) is 0 Å². The van der Waals surface area contributed by atoms with Crippen molar-refractivity contribution in [2.75, 3.05) is 18.5 Å². The third-order valence-electron chi connectivity index (χ3n) is 3.87. The van der Waals surface area contributed by atoms with Gasteiger partial charge in [0, 0.05) is 10.9 Å². The topological polar surface area (TPSA) is 28.2 Å². The van der Waals surface area contributed by atoms with Crippen LogP contribution in [-0.4, -0.2) is 30.8 Å². The van der Waals surface area contributed by atoms with Crippen molar-refractivity contribution >= 4 is 16.5 Å². The van der Waals surface area contributed by atoms with Crippen LogP contribution in [0.25, 0.3) is 0 Å². The number of alkyl halides is 3. The normalized spacial score (nSPS) is 22.7. The van der Waals surface area contributed by atoms with Gasteiger partial charge in [-0.05, 0) is 39.2 Å². The van der Waals surface area contributed by atoms with E-state index >= 15 is 0 Å². The molecule has 0 amide bonds. The number of nitrogens with zero attached hydrogens (tertiary/aromatic N) is 2. The molecule has 1 heterocycles. The average molecular weight is 305 g/mol. The fourth-order valence-corrected chi connectivity index (χ4v) is 3.98. The van der Waals surface area contributed by atoms with Gasteiger partial charge >= 0.3 is 6.18 Å². The Morgan fingerprint density at radius 2 is 2.10 bits per heavy atom. The Balaban J connectivity index is 1.86. The third-order valence-corrected chi connectivity index (χ3v) is 5.04. The van der Waals surface area contributed by atoms with Gasteiger partial charge in [0.2, 0.25) is 0 Å². The second-order valence-corrected chi connectivity index (χ2v) is 6.57. The summed E-state index contributed by atoms with van der Waals surface area (Å²) in [5.41, 5.74) is 0.964. The summed E-state index contributed by atoms with van der Waals surface area (Å²) in [5.74, 6) is 0. The summed E-state index contributed by atoms with van der Waals surface area (Å²) in [6.45, 7) is -0.881. The maximum atomic E-state index is 12.7. The van der Waals surface area contributed by atoms with Crippen LogP contribution < -0.4 is 10.2 Å². The molecule has 2 aliphatic rings. The first-order chi connectivity index (χ1) is 9.48. The van der Waals surface area contributed by atoms with Gasteiger partial charge in [-0.25, -0.2) is 4.98 Å². The highest BCUT2D eigenvalue weighted by Gasteiger charge is 2.40. The van der Waals surface area contributed by atoms with Gasteiger partial charge in [0.05, 0.1) is 11.7 Å². The van der Waals surface area contributed by atoms with Gasteiger partial charge < -0.3 is 10.2 Å². The van der Waals surface area contributed by atoms with Gasteiger partial charge in [0.25, 0.3) is 0 Å². The summed E-state index contributed by atoms with van der Waals surface area (Å²) in [5, 5.41) is 3.76. The molecule has 0 bridgehead atoms. The zero-order valence-electron chi connectivity index (χ0n) is 11.3. The number of fused-ring (bicyclic) bond motifs is 1. The van der Waals surface area contributed by atoms with Crippen molar-refractivity contribution in [1.82, 2.24) is 10.3 Å². The lowest BCUT2D eigenvalue weighted by Gasteiger charge is -2.23. The number of hydrogen-bond donors (Lipinski definition) is 1. The number of rotatable bonds is 4. The number of hydrogen-bond acceptors (Lipinski definition) is 4. The Hall–Kier alpha value is -0.820. The molecule has 1 N–H and O–H groups in total. The van der Waals surface area contributed by atoms with Crippen molar-refractivity contribution in [2.45, 2.75) is 50.4 Å². The minimum absolute atomic E-state index is 0.0252. The Labute approximate surface area is 120 Å². The molecule has 3 rings (SSSR count). The molecule has 0 saturated heterocycles. The Morgan fingerprint density at radius 1 is 1.35 bits per heavy atom. The summed E-state index contributed by atoms with van der Waals surface area (Å²) in [4.78, 5) is 7.14. The number of aryl methyl sites for hydroxylation is 1. The van der Waals surface area contributed by atoms with Gasteiger partial charge in [0.1, 0.15) is 6.54 Å². The predicted octanol–water partition coefficient (Wildman–Crippen LogP) is 3.27. The van der Waals surface area contributed by atoms with E-state index in [9.17, 15) is 13.2 Å². The minimum atomic E-state index is -4.17. The molecule has 1 atom stereocenters. The summed E-state index contributed by atoms with van der Waals surface area (Å²) in [6.07, 6.45) is 0.538. The highest BCUT2D eigenvalue weighted by Crippen LogP contribution is 2.41. The smallest absolute Gasteiger partial charge is 0.336 e. The first-order valence-corrected chi connectivity index (χ1v) is 7.80. The molecule has 1 aromatic rings. The van der Waals surface area contributed by atoms with Crippen molar-refractivity contribution in [3.8, 4) is 0 Å². The molecular formula is C13H18F3N3S. The van der Waals surface area contributed by atoms with Gasteiger partial charge in [-0.15, -0.1) is 11.3 Å². The summed E-state index contributed by atoms with van der Waals surface area (Å²) in [6, 6.07) is 0.216. The van der Waals surface area contributed by atoms with E-state index in [1.807, 2.05) is 7.05 Å². The fraction of sp³-hybridized carbons (Fsp3) is 0.769. The first kappa shape index (κ1) is 14.1. The second kappa shape index (κ2) is 5.18. The van der Waals surface area contributed by atoms with Gasteiger partial charge in [0.15, 0.2) is 5.13 Å². The summed E-state index contributed by atoms with van der Waals surface area (Å²) in [7, 11) is 1.88. The van der Waals surface area contributed by atoms with Crippen LogP contribution in [0, 0.1) is 0 Å². The predicted molar refractivity (Wildman–Crippen MR) is 73.3 cm³/mol. The second-order valence-electron chi connectivity index (χ2n) is 5.51. The maximum Gasteiger partial charge on any atom is 0.406 e. The van der Waals surface area contributed by atoms with Crippen LogP contribution >= 0.6 is 11.3 Å². The van der Waals surface area contributed by atoms with Crippen LogP contribution in [0.5, 0.6) is 0 Å². The number of thiazole rings is 1. The SMILES string of the molecule is CNC1CCCc2sc(N(CC(F)(F)F)C3CC3)nc21. The zero-order chi connectivity index (χ0) is 14.3. The van der Waals surface area contributed by atoms with E-state index in [0.717, 1.165) is 42.7 Å². The van der Waals surface area contributed by atoms with E-state index < -0.39 is 12.7 Å². The molecule has 0 aliphatic heterocycles. The molecule has 7 heteroatoms. The molecular weight excluding hydrogens is 287 g/mol. The van der Waals surface area contributed by atoms with Gasteiger partial charge in [-0.3, -0.25) is 0 Å². The average Bonchev–Trinajstić information content (AvgIpc) is 3.12. The van der Waals surface area contributed by atoms with Crippen molar-refractivity contribution in [2.24, 2.45) is 0 Å². The van der Waals surface area contributed by atoms with Gasteiger partial charge in [-0.1, -0.05) is 0 Å². The van der Waals surface area contributed by atoms with E-state index in [1.165, 1.54) is 16.2 Å². The number of aromatic nitrogens is 1. The van der Waals surface area contributed by atoms with Crippen LogP contribution in [0.1, 0.15) is 42.3 Å². The van der Waals surface area contributed by atoms with Crippen LogP contribution in [0.3, 0.4) is 0 Å². The van der Waals surface area contributed by atoms with Gasteiger partial charge in [-0.2, -0.15) is 13.2 Å². The molecule has 0 radical (unpaired) electrons. The molecule has 1 unspecified atom stereocenters. The van der Waals surface area contributed by atoms with E-state index in [4.69, 9.17) is 0 Å². The lowest BCUT2D eigenvalue weighted by Crippen LogP contribution is -2.36. The highest BCUT2D eigenvalue weighted by atomic mass is 32.1. The Kier molecular flexibility index (Phi) is 3.66. The van der Waals surface area contributed by atoms with E-state index in [-0.39, 0.29) is 12.1 Å². The van der Waals surface area contributed by atoms with Crippen LogP contribution in [0.4, 0.5) is 18.3 Å². The molecule has 1 fully saturated rings. The largest absolute Gasteiger partial charge is 0.406 e. The van der Waals surface area contributed by atoms with Crippen LogP contribution in [0.2, 0.25) is 0 Å². The third kappa shape index (κ3) is 2.93. The van der Waals surface area contributed by atoms with Crippen molar-refractivity contribution < 1.29 is 13.2 Å². The van der Waals surface area contributed by atoms with Crippen molar-refractivity contribution in [3.05, 3.63) is 10.6 Å². The molecule has 2 aliphatic carbocycles. The van der Waals surface area contributed by atoms with E-state index in [0.29, 0.717) is 5.13 Å². The molecule has 0 spiro atoms. The number of halogens is 3. The molecule has 3 nitrogen and oxygen atoms in total. The highest BCUT2D eigenvalue weighted by molar-refractivity contribution is 7.15. The standard InChI is InChI=1S/C13H18F3N3S/c1-17-9-3-2-4-10-11(9)18-12(20-10)19(8-5-6-8)7-13(14,15)16/h8-9,17H,2-7H2,1H3. The fourth-order valence-electron chi connectivity index (χ4n) is 2.74. The van der Waals surface area contributed by atoms with E-state index in [1.54, 1.807) is 0 Å². The molecule has 112 valence electrons. The quantitative estimate of drug-likeness (QED) is 0.925. The van der Waals surface area contributed by atoms with E-state index in [2.05, 4.69) is 10.3 Å². The van der Waals surface area contributed by atoms with Crippen molar-refractivity contribution in [3.63, 3.8) is 0 Å². The summed E-state index contributed by atoms with van der Waals surface area (Å²) >= 11 is 1.45. The van der Waals surface area contributed by atoms with Crippen molar-refractivity contribution in [1.29, 1.82) is 0 Å². The lowest BCUT2D eigenvalue weighted by atomic mass is 9.98. The number of nitrogens with one attached hydrogen (secondary N) is 1. The zero-order valence-corrected chi connectivity index (χ0v) is 12.2. The summed E-state index contributed by atoms with van der Waals surface area (Å²) < 4.78 is 38.2. The molecule has 0 aromatic carbocycles. The molecule has 1 aromatic heterocycles. The molecule has 1 saturated carbocycles. The van der Waals surface area contributed by atoms with Crippen LogP contribution in [-0.2, 0) is 6.42 Å². The Bertz CT molecular complexity index is 482. The Morgan fingerprint density at radius 3 is 2.70 bits per heavy atom. The minimum Gasteiger partial charge on any atom is -0.336 e. The molecule has 20 heavy (non-hydrogen) atoms. The number of anilines is 1.